The summed E-state index contributed by atoms with van der Waals surface area (Å²) < 4.78 is 10.2. The van der Waals surface area contributed by atoms with Gasteiger partial charge in [0.1, 0.15) is 11.3 Å². The molecule has 0 spiro atoms. The van der Waals surface area contributed by atoms with E-state index >= 15 is 0 Å². The van der Waals surface area contributed by atoms with Gasteiger partial charge in [0.25, 0.3) is 0 Å². The fourth-order valence-corrected chi connectivity index (χ4v) is 3.16. The number of amides is 1. The first-order valence-electron chi connectivity index (χ1n) is 7.75. The van der Waals surface area contributed by atoms with Crippen LogP contribution in [0.25, 0.3) is 11.0 Å². The molecule has 0 fully saturated rings. The molecule has 0 saturated carbocycles. The molecule has 128 valence electrons. The van der Waals surface area contributed by atoms with E-state index in [1.165, 1.54) is 6.07 Å². The van der Waals surface area contributed by atoms with Crippen molar-refractivity contribution in [1.82, 2.24) is 0 Å². The standard InChI is InChI=1S/C19H17NO4S/c1-23-15-4-6-16(7-5-15)25-11-10-18(21)20-14-3-8-17-13(12-14)2-9-19(22)24-17/h2-9,12H,10-11H2,1H3,(H,20,21). The Balaban J connectivity index is 1.53. The molecule has 25 heavy (non-hydrogen) atoms. The maximum Gasteiger partial charge on any atom is 0.336 e. The number of nitrogens with one attached hydrogen (secondary N) is 1. The number of thioether (sulfide) groups is 1. The summed E-state index contributed by atoms with van der Waals surface area (Å²) in [4.78, 5) is 24.3. The average molecular weight is 355 g/mol. The lowest BCUT2D eigenvalue weighted by Crippen LogP contribution is -2.12. The summed E-state index contributed by atoms with van der Waals surface area (Å²) in [5.74, 6) is 1.44. The Morgan fingerprint density at radius 1 is 1.12 bits per heavy atom. The lowest BCUT2D eigenvalue weighted by atomic mass is 10.2. The van der Waals surface area contributed by atoms with E-state index in [0.29, 0.717) is 23.4 Å². The Morgan fingerprint density at radius 2 is 1.92 bits per heavy atom. The Kier molecular flexibility index (Phi) is 5.40. The Hall–Kier alpha value is -2.73. The lowest BCUT2D eigenvalue weighted by Gasteiger charge is -2.06. The Morgan fingerprint density at radius 3 is 2.68 bits per heavy atom. The molecular formula is C19H17NO4S. The van der Waals surface area contributed by atoms with Gasteiger partial charge in [-0.3, -0.25) is 4.79 Å². The van der Waals surface area contributed by atoms with Gasteiger partial charge in [0, 0.05) is 34.2 Å². The number of methoxy groups -OCH3 is 1. The monoisotopic (exact) mass is 355 g/mol. The van der Waals surface area contributed by atoms with Crippen LogP contribution < -0.4 is 15.7 Å². The van der Waals surface area contributed by atoms with Crippen LogP contribution in [0.5, 0.6) is 5.75 Å². The predicted octanol–water partition coefficient (Wildman–Crippen LogP) is 3.92. The molecule has 6 heteroatoms. The van der Waals surface area contributed by atoms with Crippen molar-refractivity contribution >= 4 is 34.3 Å². The van der Waals surface area contributed by atoms with E-state index in [4.69, 9.17) is 9.15 Å². The van der Waals surface area contributed by atoms with Crippen LogP contribution in [-0.2, 0) is 4.79 Å². The van der Waals surface area contributed by atoms with Crippen molar-refractivity contribution in [2.24, 2.45) is 0 Å². The van der Waals surface area contributed by atoms with E-state index in [2.05, 4.69) is 5.32 Å². The third kappa shape index (κ3) is 4.64. The first kappa shape index (κ1) is 17.1. The Bertz CT molecular complexity index is 934. The molecule has 1 N–H and O–H groups in total. The van der Waals surface area contributed by atoms with Crippen LogP contribution in [0.15, 0.2) is 68.7 Å². The highest BCUT2D eigenvalue weighted by molar-refractivity contribution is 7.99. The molecule has 0 radical (unpaired) electrons. The van der Waals surface area contributed by atoms with Gasteiger partial charge < -0.3 is 14.5 Å². The minimum atomic E-state index is -0.389. The summed E-state index contributed by atoms with van der Waals surface area (Å²) in [6.07, 6.45) is 0.401. The first-order chi connectivity index (χ1) is 12.1. The maximum atomic E-state index is 12.1. The zero-order chi connectivity index (χ0) is 17.6. The molecule has 2 aromatic carbocycles. The van der Waals surface area contributed by atoms with Crippen molar-refractivity contribution in [1.29, 1.82) is 0 Å². The summed E-state index contributed by atoms with van der Waals surface area (Å²) in [5.41, 5.74) is 0.793. The number of carbonyl (C=O) groups is 1. The van der Waals surface area contributed by atoms with Crippen LogP contribution in [0, 0.1) is 0 Å². The molecule has 0 bridgehead atoms. The molecule has 5 nitrogen and oxygen atoms in total. The minimum Gasteiger partial charge on any atom is -0.497 e. The quantitative estimate of drug-likeness (QED) is 0.536. The number of fused-ring (bicyclic) bond motifs is 1. The fraction of sp³-hybridized carbons (Fsp3) is 0.158. The zero-order valence-electron chi connectivity index (χ0n) is 13.7. The van der Waals surface area contributed by atoms with Crippen molar-refractivity contribution in [3.8, 4) is 5.75 Å². The average Bonchev–Trinajstić information content (AvgIpc) is 2.62. The molecule has 0 saturated heterocycles. The maximum absolute atomic E-state index is 12.1. The molecule has 3 rings (SSSR count). The fourth-order valence-electron chi connectivity index (χ4n) is 2.31. The van der Waals surface area contributed by atoms with Crippen molar-refractivity contribution in [2.45, 2.75) is 11.3 Å². The second kappa shape index (κ2) is 7.90. The van der Waals surface area contributed by atoms with Gasteiger partial charge in [-0.05, 0) is 48.5 Å². The second-order valence-electron chi connectivity index (χ2n) is 5.33. The van der Waals surface area contributed by atoms with Gasteiger partial charge in [-0.1, -0.05) is 0 Å². The number of hydrogen-bond acceptors (Lipinski definition) is 5. The zero-order valence-corrected chi connectivity index (χ0v) is 14.5. The molecule has 3 aromatic rings. The molecule has 1 amide bonds. The van der Waals surface area contributed by atoms with Crippen molar-refractivity contribution in [3.05, 3.63) is 65.0 Å². The summed E-state index contributed by atoms with van der Waals surface area (Å²) in [6.45, 7) is 0. The summed E-state index contributed by atoms with van der Waals surface area (Å²) in [5, 5.41) is 3.63. The lowest BCUT2D eigenvalue weighted by molar-refractivity contribution is -0.115. The van der Waals surface area contributed by atoms with Crippen LogP contribution in [0.2, 0.25) is 0 Å². The van der Waals surface area contributed by atoms with E-state index in [0.717, 1.165) is 16.0 Å². The van der Waals surface area contributed by atoms with E-state index in [1.54, 1.807) is 43.1 Å². The number of anilines is 1. The van der Waals surface area contributed by atoms with Crippen molar-refractivity contribution < 1.29 is 13.9 Å². The minimum absolute atomic E-state index is 0.0576. The highest BCUT2D eigenvalue weighted by atomic mass is 32.2. The van der Waals surface area contributed by atoms with E-state index in [1.807, 2.05) is 24.3 Å². The molecule has 0 atom stereocenters. The van der Waals surface area contributed by atoms with Gasteiger partial charge in [-0.2, -0.15) is 0 Å². The van der Waals surface area contributed by atoms with Crippen molar-refractivity contribution in [2.75, 3.05) is 18.2 Å². The van der Waals surface area contributed by atoms with E-state index in [-0.39, 0.29) is 11.5 Å². The topological polar surface area (TPSA) is 68.5 Å². The predicted molar refractivity (Wildman–Crippen MR) is 99.4 cm³/mol. The van der Waals surface area contributed by atoms with E-state index in [9.17, 15) is 9.59 Å². The van der Waals surface area contributed by atoms with E-state index < -0.39 is 0 Å². The van der Waals surface area contributed by atoms with Gasteiger partial charge in [0.2, 0.25) is 5.91 Å². The van der Waals surface area contributed by atoms with Crippen LogP contribution in [0.3, 0.4) is 0 Å². The van der Waals surface area contributed by atoms with Gasteiger partial charge in [0.15, 0.2) is 0 Å². The normalized spacial score (nSPS) is 10.6. The number of carbonyl (C=O) groups excluding carboxylic acids is 1. The smallest absolute Gasteiger partial charge is 0.336 e. The third-order valence-electron chi connectivity index (χ3n) is 3.56. The largest absolute Gasteiger partial charge is 0.497 e. The summed E-state index contributed by atoms with van der Waals surface area (Å²) >= 11 is 1.62. The molecular weight excluding hydrogens is 338 g/mol. The number of benzene rings is 2. The highest BCUT2D eigenvalue weighted by Gasteiger charge is 2.05. The third-order valence-corrected chi connectivity index (χ3v) is 4.57. The molecule has 1 heterocycles. The molecule has 1 aromatic heterocycles. The summed E-state index contributed by atoms with van der Waals surface area (Å²) in [7, 11) is 1.63. The second-order valence-corrected chi connectivity index (χ2v) is 6.50. The van der Waals surface area contributed by atoms with Crippen LogP contribution >= 0.6 is 11.8 Å². The SMILES string of the molecule is COc1ccc(SCCC(=O)Nc2ccc3oc(=O)ccc3c2)cc1. The summed E-state index contributed by atoms with van der Waals surface area (Å²) in [6, 6.07) is 16.0. The molecule has 0 aliphatic heterocycles. The van der Waals surface area contributed by atoms with Gasteiger partial charge >= 0.3 is 5.63 Å². The number of hydrogen-bond donors (Lipinski definition) is 1. The Labute approximate surface area is 149 Å². The molecule has 0 unspecified atom stereocenters. The molecule has 0 aliphatic rings. The number of ether oxygens (including phenoxy) is 1. The van der Waals surface area contributed by atoms with Crippen LogP contribution in [0.4, 0.5) is 5.69 Å². The number of rotatable bonds is 6. The van der Waals surface area contributed by atoms with Gasteiger partial charge in [-0.15, -0.1) is 11.8 Å². The molecule has 0 aliphatic carbocycles. The first-order valence-corrected chi connectivity index (χ1v) is 8.73. The van der Waals surface area contributed by atoms with Gasteiger partial charge in [-0.25, -0.2) is 4.79 Å². The van der Waals surface area contributed by atoms with Gasteiger partial charge in [0.05, 0.1) is 7.11 Å². The van der Waals surface area contributed by atoms with Crippen LogP contribution in [0.1, 0.15) is 6.42 Å². The van der Waals surface area contributed by atoms with Crippen molar-refractivity contribution in [3.63, 3.8) is 0 Å². The highest BCUT2D eigenvalue weighted by Crippen LogP contribution is 2.22. The van der Waals surface area contributed by atoms with Crippen LogP contribution in [-0.4, -0.2) is 18.8 Å².